The molecule has 4 rings (SSSR count). The van der Waals surface area contributed by atoms with Crippen molar-refractivity contribution in [1.82, 2.24) is 15.0 Å². The molecule has 1 aliphatic rings. The van der Waals surface area contributed by atoms with E-state index in [0.717, 1.165) is 24.2 Å². The van der Waals surface area contributed by atoms with E-state index in [1.165, 1.54) is 18.8 Å². The summed E-state index contributed by atoms with van der Waals surface area (Å²) in [6.07, 6.45) is 2.35. The number of benzene rings is 2. The molecule has 1 amide bonds. The van der Waals surface area contributed by atoms with E-state index < -0.39 is 0 Å². The van der Waals surface area contributed by atoms with E-state index in [1.807, 2.05) is 42.5 Å². The molecular weight excluding hydrogens is 366 g/mol. The predicted molar refractivity (Wildman–Crippen MR) is 110 cm³/mol. The van der Waals surface area contributed by atoms with Crippen LogP contribution >= 0.6 is 0 Å². The minimum Gasteiger partial charge on any atom is -0.336 e. The van der Waals surface area contributed by atoms with Crippen LogP contribution in [0.4, 0.5) is 23.3 Å². The van der Waals surface area contributed by atoms with Crippen LogP contribution in [-0.4, -0.2) is 27.4 Å². The van der Waals surface area contributed by atoms with Crippen LogP contribution in [0.2, 0.25) is 0 Å². The molecule has 0 saturated carbocycles. The number of carbonyl (C=O) groups is 1. The van der Waals surface area contributed by atoms with Crippen molar-refractivity contribution in [3.8, 4) is 6.07 Å². The number of amides is 1. The minimum absolute atomic E-state index is 0.130. The number of anilines is 4. The number of rotatable bonds is 4. The summed E-state index contributed by atoms with van der Waals surface area (Å²) in [5.74, 6) is 0.870. The van der Waals surface area contributed by atoms with E-state index in [1.54, 1.807) is 0 Å². The fraction of sp³-hybridized carbons (Fsp3) is 0.190. The van der Waals surface area contributed by atoms with Crippen molar-refractivity contribution in [3.63, 3.8) is 0 Å². The summed E-state index contributed by atoms with van der Waals surface area (Å²) >= 11 is 0. The smallest absolute Gasteiger partial charge is 0.232 e. The first-order valence-corrected chi connectivity index (χ1v) is 9.21. The molecule has 0 radical (unpaired) electrons. The van der Waals surface area contributed by atoms with Crippen LogP contribution < -0.4 is 15.5 Å². The zero-order valence-electron chi connectivity index (χ0n) is 15.9. The maximum absolute atomic E-state index is 11.2. The van der Waals surface area contributed by atoms with Crippen LogP contribution in [0.15, 0.2) is 48.8 Å². The lowest BCUT2D eigenvalue weighted by atomic mass is 9.98. The second kappa shape index (κ2) is 7.94. The van der Waals surface area contributed by atoms with Gasteiger partial charge in [0.05, 0.1) is 11.6 Å². The Morgan fingerprint density at radius 2 is 2.00 bits per heavy atom. The molecule has 0 spiro atoms. The van der Waals surface area contributed by atoms with Crippen molar-refractivity contribution >= 4 is 29.2 Å². The Morgan fingerprint density at radius 3 is 2.83 bits per heavy atom. The Labute approximate surface area is 168 Å². The zero-order valence-corrected chi connectivity index (χ0v) is 15.9. The normalized spacial score (nSPS) is 12.6. The van der Waals surface area contributed by atoms with Gasteiger partial charge in [-0.05, 0) is 47.9 Å². The van der Waals surface area contributed by atoms with Gasteiger partial charge in [-0.15, -0.1) is 0 Å². The quantitative estimate of drug-likeness (QED) is 0.711. The summed E-state index contributed by atoms with van der Waals surface area (Å²) in [7, 11) is 0. The van der Waals surface area contributed by atoms with Crippen LogP contribution in [0.3, 0.4) is 0 Å². The molecule has 1 aromatic heterocycles. The molecule has 0 aliphatic carbocycles. The molecule has 0 unspecified atom stereocenters. The molecule has 2 N–H and O–H groups in total. The van der Waals surface area contributed by atoms with Crippen LogP contribution in [-0.2, 0) is 17.8 Å². The van der Waals surface area contributed by atoms with Gasteiger partial charge in [0.15, 0.2) is 0 Å². The topological polar surface area (TPSA) is 107 Å². The summed E-state index contributed by atoms with van der Waals surface area (Å²) in [5.41, 5.74) is 4.48. The van der Waals surface area contributed by atoms with Gasteiger partial charge in [0.25, 0.3) is 0 Å². The lowest BCUT2D eigenvalue weighted by Crippen LogP contribution is -2.32. The molecule has 8 heteroatoms. The van der Waals surface area contributed by atoms with Gasteiger partial charge in [-0.3, -0.25) is 4.79 Å². The molecule has 144 valence electrons. The molecule has 2 aromatic carbocycles. The molecule has 2 heterocycles. The SMILES string of the molecule is CC(=O)Nc1cccc(Nc2ncnc(N3CCc4ccc(C#N)cc4C3)n2)c1. The van der Waals surface area contributed by atoms with Crippen molar-refractivity contribution in [3.05, 3.63) is 65.5 Å². The number of carbonyl (C=O) groups excluding carboxylic acids is 1. The Hall–Kier alpha value is -3.99. The molecule has 0 atom stereocenters. The third-order valence-corrected chi connectivity index (χ3v) is 4.63. The average molecular weight is 385 g/mol. The van der Waals surface area contributed by atoms with E-state index in [2.05, 4.69) is 36.6 Å². The highest BCUT2D eigenvalue weighted by Gasteiger charge is 2.19. The molecule has 0 fully saturated rings. The van der Waals surface area contributed by atoms with Crippen LogP contribution in [0, 0.1) is 11.3 Å². The van der Waals surface area contributed by atoms with E-state index in [-0.39, 0.29) is 5.91 Å². The summed E-state index contributed by atoms with van der Waals surface area (Å²) in [4.78, 5) is 26.4. The third-order valence-electron chi connectivity index (χ3n) is 4.63. The molecular formula is C21H19N7O. The monoisotopic (exact) mass is 385 g/mol. The van der Waals surface area contributed by atoms with E-state index in [0.29, 0.717) is 29.7 Å². The van der Waals surface area contributed by atoms with Gasteiger partial charge in [-0.25, -0.2) is 9.97 Å². The van der Waals surface area contributed by atoms with Crippen molar-refractivity contribution < 1.29 is 4.79 Å². The summed E-state index contributed by atoms with van der Waals surface area (Å²) < 4.78 is 0. The lowest BCUT2D eigenvalue weighted by Gasteiger charge is -2.29. The molecule has 8 nitrogen and oxygen atoms in total. The maximum Gasteiger partial charge on any atom is 0.232 e. The fourth-order valence-electron chi connectivity index (χ4n) is 3.30. The van der Waals surface area contributed by atoms with Crippen LogP contribution in [0.25, 0.3) is 0 Å². The molecule has 1 aliphatic heterocycles. The third kappa shape index (κ3) is 4.30. The van der Waals surface area contributed by atoms with Gasteiger partial charge in [-0.1, -0.05) is 12.1 Å². The fourth-order valence-corrected chi connectivity index (χ4v) is 3.30. The number of hydrogen-bond donors (Lipinski definition) is 2. The Kier molecular flexibility index (Phi) is 5.03. The van der Waals surface area contributed by atoms with Crippen molar-refractivity contribution in [2.45, 2.75) is 19.9 Å². The minimum atomic E-state index is -0.130. The number of nitrogens with zero attached hydrogens (tertiary/aromatic N) is 5. The molecule has 3 aromatic rings. The maximum atomic E-state index is 11.2. The van der Waals surface area contributed by atoms with E-state index >= 15 is 0 Å². The van der Waals surface area contributed by atoms with Gasteiger partial charge in [0.2, 0.25) is 17.8 Å². The van der Waals surface area contributed by atoms with Gasteiger partial charge >= 0.3 is 0 Å². The largest absolute Gasteiger partial charge is 0.336 e. The Morgan fingerprint density at radius 1 is 1.14 bits per heavy atom. The second-order valence-electron chi connectivity index (χ2n) is 6.76. The zero-order chi connectivity index (χ0) is 20.2. The lowest BCUT2D eigenvalue weighted by molar-refractivity contribution is -0.114. The molecule has 0 saturated heterocycles. The number of hydrogen-bond acceptors (Lipinski definition) is 7. The molecule has 29 heavy (non-hydrogen) atoms. The highest BCUT2D eigenvalue weighted by molar-refractivity contribution is 5.89. The Balaban J connectivity index is 1.52. The highest BCUT2D eigenvalue weighted by atomic mass is 16.1. The van der Waals surface area contributed by atoms with Crippen molar-refractivity contribution in [1.29, 1.82) is 5.26 Å². The summed E-state index contributed by atoms with van der Waals surface area (Å²) in [5, 5.41) is 15.0. The first kappa shape index (κ1) is 18.4. The number of fused-ring (bicyclic) bond motifs is 1. The first-order chi connectivity index (χ1) is 14.1. The Bertz CT molecular complexity index is 1110. The van der Waals surface area contributed by atoms with Crippen molar-refractivity contribution in [2.24, 2.45) is 0 Å². The van der Waals surface area contributed by atoms with Gasteiger partial charge in [0, 0.05) is 31.4 Å². The summed E-state index contributed by atoms with van der Waals surface area (Å²) in [6.45, 7) is 2.90. The standard InChI is InChI=1S/C21H19N7O/c1-14(29)25-18-3-2-4-19(10-18)26-20-23-13-24-21(27-20)28-8-7-16-6-5-15(11-22)9-17(16)12-28/h2-6,9-10,13H,7-8,12H2,1H3,(H,25,29)(H,23,24,26,27). The van der Waals surface area contributed by atoms with Crippen LogP contribution in [0.5, 0.6) is 0 Å². The highest BCUT2D eigenvalue weighted by Crippen LogP contribution is 2.24. The molecule has 0 bridgehead atoms. The summed E-state index contributed by atoms with van der Waals surface area (Å²) in [6, 6.07) is 15.3. The number of aromatic nitrogens is 3. The van der Waals surface area contributed by atoms with Crippen molar-refractivity contribution in [2.75, 3.05) is 22.1 Å². The second-order valence-corrected chi connectivity index (χ2v) is 6.76. The number of nitrogens with one attached hydrogen (secondary N) is 2. The van der Waals surface area contributed by atoms with Gasteiger partial charge in [0.1, 0.15) is 6.33 Å². The average Bonchev–Trinajstić information content (AvgIpc) is 2.73. The first-order valence-electron chi connectivity index (χ1n) is 9.21. The van der Waals surface area contributed by atoms with Gasteiger partial charge in [-0.2, -0.15) is 10.2 Å². The van der Waals surface area contributed by atoms with E-state index in [4.69, 9.17) is 5.26 Å². The van der Waals surface area contributed by atoms with Gasteiger partial charge < -0.3 is 15.5 Å². The number of nitriles is 1. The van der Waals surface area contributed by atoms with E-state index in [9.17, 15) is 4.79 Å². The predicted octanol–water partition coefficient (Wildman–Crippen LogP) is 3.01. The van der Waals surface area contributed by atoms with Crippen LogP contribution in [0.1, 0.15) is 23.6 Å².